The standard InChI is InChI=1S/C10H15N3O2/c1-8-6-9(13-12-8)7-11-10(14)4-3-5-15-2/h3-4,6H,5,7H2,1-2H3,(H,11,14)(H,12,13)/b4-3+. The van der Waals surface area contributed by atoms with Gasteiger partial charge in [-0.25, -0.2) is 0 Å². The number of H-pyrrole nitrogens is 1. The Labute approximate surface area is 88.5 Å². The summed E-state index contributed by atoms with van der Waals surface area (Å²) < 4.78 is 4.78. The van der Waals surface area contributed by atoms with Gasteiger partial charge in [-0.3, -0.25) is 9.89 Å². The molecule has 0 atom stereocenters. The lowest BCUT2D eigenvalue weighted by Gasteiger charge is -1.98. The van der Waals surface area contributed by atoms with Crippen molar-refractivity contribution in [1.82, 2.24) is 15.5 Å². The van der Waals surface area contributed by atoms with Crippen LogP contribution in [0.2, 0.25) is 0 Å². The van der Waals surface area contributed by atoms with Crippen LogP contribution in [0.4, 0.5) is 0 Å². The Kier molecular flexibility index (Phi) is 4.56. The molecule has 0 bridgehead atoms. The number of aromatic amines is 1. The number of nitrogens with one attached hydrogen (secondary N) is 2. The van der Waals surface area contributed by atoms with E-state index in [9.17, 15) is 4.79 Å². The van der Waals surface area contributed by atoms with E-state index >= 15 is 0 Å². The molecule has 0 aliphatic heterocycles. The van der Waals surface area contributed by atoms with Crippen molar-refractivity contribution in [3.8, 4) is 0 Å². The van der Waals surface area contributed by atoms with Gasteiger partial charge in [-0.05, 0) is 13.0 Å². The number of carbonyl (C=O) groups excluding carboxylic acids is 1. The summed E-state index contributed by atoms with van der Waals surface area (Å²) in [4.78, 5) is 11.2. The minimum Gasteiger partial charge on any atom is -0.381 e. The number of rotatable bonds is 5. The molecule has 2 N–H and O–H groups in total. The third-order valence-electron chi connectivity index (χ3n) is 1.74. The van der Waals surface area contributed by atoms with Crippen molar-refractivity contribution in [1.29, 1.82) is 0 Å². The van der Waals surface area contributed by atoms with Gasteiger partial charge in [-0.1, -0.05) is 6.08 Å². The van der Waals surface area contributed by atoms with Gasteiger partial charge in [0.2, 0.25) is 5.91 Å². The maximum atomic E-state index is 11.2. The van der Waals surface area contributed by atoms with Crippen LogP contribution in [0, 0.1) is 6.92 Å². The van der Waals surface area contributed by atoms with Gasteiger partial charge in [-0.15, -0.1) is 0 Å². The highest BCUT2D eigenvalue weighted by atomic mass is 16.5. The maximum Gasteiger partial charge on any atom is 0.244 e. The molecule has 0 fully saturated rings. The largest absolute Gasteiger partial charge is 0.381 e. The molecule has 0 spiro atoms. The highest BCUT2D eigenvalue weighted by molar-refractivity contribution is 5.87. The number of hydrogen-bond acceptors (Lipinski definition) is 3. The van der Waals surface area contributed by atoms with E-state index in [0.717, 1.165) is 11.4 Å². The number of nitrogens with zero attached hydrogens (tertiary/aromatic N) is 1. The Hall–Kier alpha value is -1.62. The summed E-state index contributed by atoms with van der Waals surface area (Å²) in [5.74, 6) is -0.140. The molecule has 1 amide bonds. The summed E-state index contributed by atoms with van der Waals surface area (Å²) in [5, 5.41) is 9.49. The second-order valence-corrected chi connectivity index (χ2v) is 3.11. The summed E-state index contributed by atoms with van der Waals surface area (Å²) in [6.07, 6.45) is 3.11. The Morgan fingerprint density at radius 3 is 3.13 bits per heavy atom. The van der Waals surface area contributed by atoms with E-state index in [1.807, 2.05) is 13.0 Å². The van der Waals surface area contributed by atoms with Crippen molar-refractivity contribution in [2.75, 3.05) is 13.7 Å². The Morgan fingerprint density at radius 2 is 2.53 bits per heavy atom. The molecular formula is C10H15N3O2. The number of hydrogen-bond donors (Lipinski definition) is 2. The van der Waals surface area contributed by atoms with Crippen LogP contribution in [0.15, 0.2) is 18.2 Å². The lowest BCUT2D eigenvalue weighted by Crippen LogP contribution is -2.20. The van der Waals surface area contributed by atoms with Crippen LogP contribution in [0.25, 0.3) is 0 Å². The van der Waals surface area contributed by atoms with Crippen LogP contribution in [0.3, 0.4) is 0 Å². The molecule has 0 aliphatic rings. The second-order valence-electron chi connectivity index (χ2n) is 3.11. The minimum atomic E-state index is -0.140. The normalized spacial score (nSPS) is 10.8. The zero-order valence-electron chi connectivity index (χ0n) is 8.91. The summed E-state index contributed by atoms with van der Waals surface area (Å²) in [7, 11) is 1.58. The molecule has 1 heterocycles. The van der Waals surface area contributed by atoms with E-state index < -0.39 is 0 Å². The molecule has 0 aliphatic carbocycles. The van der Waals surface area contributed by atoms with Crippen LogP contribution in [-0.2, 0) is 16.1 Å². The predicted octanol–water partition coefficient (Wildman–Crippen LogP) is 0.537. The maximum absolute atomic E-state index is 11.2. The van der Waals surface area contributed by atoms with Crippen molar-refractivity contribution >= 4 is 5.91 Å². The van der Waals surface area contributed by atoms with Gasteiger partial charge in [-0.2, -0.15) is 5.10 Å². The van der Waals surface area contributed by atoms with Crippen molar-refractivity contribution in [2.24, 2.45) is 0 Å². The van der Waals surface area contributed by atoms with E-state index in [4.69, 9.17) is 4.74 Å². The van der Waals surface area contributed by atoms with Crippen molar-refractivity contribution in [2.45, 2.75) is 13.5 Å². The van der Waals surface area contributed by atoms with E-state index in [0.29, 0.717) is 13.2 Å². The Morgan fingerprint density at radius 1 is 1.73 bits per heavy atom. The molecule has 15 heavy (non-hydrogen) atoms. The number of methoxy groups -OCH3 is 1. The smallest absolute Gasteiger partial charge is 0.244 e. The van der Waals surface area contributed by atoms with E-state index in [1.54, 1.807) is 13.2 Å². The molecule has 1 rings (SSSR count). The van der Waals surface area contributed by atoms with E-state index in [-0.39, 0.29) is 5.91 Å². The zero-order chi connectivity index (χ0) is 11.1. The average Bonchev–Trinajstić information content (AvgIpc) is 2.62. The van der Waals surface area contributed by atoms with E-state index in [2.05, 4.69) is 15.5 Å². The molecule has 0 radical (unpaired) electrons. The first-order valence-electron chi connectivity index (χ1n) is 4.66. The third-order valence-corrected chi connectivity index (χ3v) is 1.74. The van der Waals surface area contributed by atoms with Gasteiger partial charge < -0.3 is 10.1 Å². The van der Waals surface area contributed by atoms with Crippen molar-refractivity contribution < 1.29 is 9.53 Å². The number of aryl methyl sites for hydroxylation is 1. The van der Waals surface area contributed by atoms with Gasteiger partial charge in [0.25, 0.3) is 0 Å². The monoisotopic (exact) mass is 209 g/mol. The number of amides is 1. The highest BCUT2D eigenvalue weighted by Gasteiger charge is 1.98. The van der Waals surface area contributed by atoms with E-state index in [1.165, 1.54) is 6.08 Å². The van der Waals surface area contributed by atoms with Crippen molar-refractivity contribution in [3.63, 3.8) is 0 Å². The number of ether oxygens (including phenoxy) is 1. The first-order chi connectivity index (χ1) is 7.22. The quantitative estimate of drug-likeness (QED) is 0.695. The summed E-state index contributed by atoms with van der Waals surface area (Å²) in [6.45, 7) is 2.79. The Balaban J connectivity index is 2.28. The average molecular weight is 209 g/mol. The third kappa shape index (κ3) is 4.42. The molecular weight excluding hydrogens is 194 g/mol. The van der Waals surface area contributed by atoms with Crippen LogP contribution in [0.5, 0.6) is 0 Å². The van der Waals surface area contributed by atoms with Gasteiger partial charge in [0, 0.05) is 13.2 Å². The van der Waals surface area contributed by atoms with Crippen LogP contribution in [0.1, 0.15) is 11.4 Å². The fourth-order valence-electron chi connectivity index (χ4n) is 1.06. The molecule has 1 aromatic heterocycles. The molecule has 82 valence electrons. The van der Waals surface area contributed by atoms with Gasteiger partial charge in [0.15, 0.2) is 0 Å². The summed E-state index contributed by atoms with van der Waals surface area (Å²) >= 11 is 0. The molecule has 5 heteroatoms. The number of carbonyl (C=O) groups is 1. The summed E-state index contributed by atoms with van der Waals surface area (Å²) in [5.41, 5.74) is 1.80. The molecule has 0 unspecified atom stereocenters. The highest BCUT2D eigenvalue weighted by Crippen LogP contribution is 1.96. The first kappa shape index (κ1) is 11.5. The topological polar surface area (TPSA) is 67.0 Å². The predicted molar refractivity (Wildman–Crippen MR) is 56.2 cm³/mol. The molecule has 1 aromatic rings. The first-order valence-corrected chi connectivity index (χ1v) is 4.66. The van der Waals surface area contributed by atoms with Crippen LogP contribution in [-0.4, -0.2) is 29.8 Å². The molecule has 5 nitrogen and oxygen atoms in total. The lowest BCUT2D eigenvalue weighted by atomic mass is 10.3. The minimum absolute atomic E-state index is 0.140. The fourth-order valence-corrected chi connectivity index (χ4v) is 1.06. The lowest BCUT2D eigenvalue weighted by molar-refractivity contribution is -0.116. The van der Waals surface area contributed by atoms with Crippen molar-refractivity contribution in [3.05, 3.63) is 29.6 Å². The fraction of sp³-hybridized carbons (Fsp3) is 0.400. The molecule has 0 aromatic carbocycles. The second kappa shape index (κ2) is 5.98. The van der Waals surface area contributed by atoms with Gasteiger partial charge in [0.1, 0.15) is 0 Å². The number of aromatic nitrogens is 2. The summed E-state index contributed by atoms with van der Waals surface area (Å²) in [6, 6.07) is 1.89. The van der Waals surface area contributed by atoms with Crippen LogP contribution >= 0.6 is 0 Å². The van der Waals surface area contributed by atoms with Gasteiger partial charge in [0.05, 0.1) is 24.5 Å². The zero-order valence-corrected chi connectivity index (χ0v) is 8.91. The SMILES string of the molecule is COC/C=C/C(=O)NCc1cc(C)n[nH]1. The molecule has 0 saturated heterocycles. The van der Waals surface area contributed by atoms with Gasteiger partial charge >= 0.3 is 0 Å². The van der Waals surface area contributed by atoms with Crippen LogP contribution < -0.4 is 5.32 Å². The molecule has 0 saturated carbocycles. The Bertz CT molecular complexity index is 344.